The van der Waals surface area contributed by atoms with E-state index in [2.05, 4.69) is 4.98 Å². The molecular formula is C19H17NO3. The van der Waals surface area contributed by atoms with Crippen molar-refractivity contribution in [2.45, 2.75) is 25.4 Å². The lowest BCUT2D eigenvalue weighted by molar-refractivity contribution is -0.105. The van der Waals surface area contributed by atoms with Crippen molar-refractivity contribution in [2.24, 2.45) is 5.92 Å². The van der Waals surface area contributed by atoms with Crippen LogP contribution in [0.4, 0.5) is 0 Å². The second-order valence-corrected chi connectivity index (χ2v) is 6.45. The highest BCUT2D eigenvalue weighted by atomic mass is 16.5. The van der Waals surface area contributed by atoms with Crippen LogP contribution in [0.25, 0.3) is 11.1 Å². The normalized spacial score (nSPS) is 27.8. The Balaban J connectivity index is 1.94. The van der Waals surface area contributed by atoms with Gasteiger partial charge in [0.1, 0.15) is 17.6 Å². The molecular weight excluding hydrogens is 290 g/mol. The number of carbonyl (C=O) groups excluding carboxylic acids is 1. The van der Waals surface area contributed by atoms with Crippen LogP contribution in [0.5, 0.6) is 5.75 Å². The topological polar surface area (TPSA) is 59.2 Å². The molecule has 0 bridgehead atoms. The van der Waals surface area contributed by atoms with Crippen LogP contribution in [0, 0.1) is 5.92 Å². The molecule has 4 rings (SSSR count). The van der Waals surface area contributed by atoms with E-state index in [4.69, 9.17) is 4.74 Å². The molecule has 0 radical (unpaired) electrons. The first kappa shape index (κ1) is 14.0. The van der Waals surface area contributed by atoms with E-state index in [-0.39, 0.29) is 17.4 Å². The number of pyridine rings is 1. The van der Waals surface area contributed by atoms with Gasteiger partial charge in [-0.15, -0.1) is 0 Å². The number of hydrogen-bond acceptors (Lipinski definition) is 3. The number of hydrogen-bond donors (Lipinski definition) is 1. The highest BCUT2D eigenvalue weighted by Gasteiger charge is 2.53. The van der Waals surface area contributed by atoms with E-state index in [1.54, 1.807) is 6.20 Å². The summed E-state index contributed by atoms with van der Waals surface area (Å²) in [5.41, 5.74) is 2.44. The van der Waals surface area contributed by atoms with Gasteiger partial charge in [0.15, 0.2) is 0 Å². The van der Waals surface area contributed by atoms with Crippen molar-refractivity contribution in [1.82, 2.24) is 4.98 Å². The number of benzene rings is 1. The second kappa shape index (κ2) is 4.69. The van der Waals surface area contributed by atoms with Crippen LogP contribution in [-0.2, 0) is 4.79 Å². The maximum absolute atomic E-state index is 12.5. The summed E-state index contributed by atoms with van der Waals surface area (Å²) >= 11 is 0. The highest BCUT2D eigenvalue weighted by Crippen LogP contribution is 2.55. The molecule has 4 nitrogen and oxygen atoms in total. The Hall–Kier alpha value is -2.62. The van der Waals surface area contributed by atoms with Gasteiger partial charge in [0.05, 0.1) is 5.56 Å². The molecule has 1 N–H and O–H groups in total. The van der Waals surface area contributed by atoms with Crippen molar-refractivity contribution in [1.29, 1.82) is 0 Å². The molecule has 1 aliphatic heterocycles. The van der Waals surface area contributed by atoms with Crippen molar-refractivity contribution in [2.75, 3.05) is 0 Å². The van der Waals surface area contributed by atoms with Gasteiger partial charge in [-0.05, 0) is 30.1 Å². The first-order chi connectivity index (χ1) is 11.0. The lowest BCUT2D eigenvalue weighted by Gasteiger charge is -2.24. The average Bonchev–Trinajstić information content (AvgIpc) is 2.99. The minimum absolute atomic E-state index is 0.0362. The summed E-state index contributed by atoms with van der Waals surface area (Å²) in [6.45, 7) is 3.92. The number of H-pyrrole nitrogens is 1. The van der Waals surface area contributed by atoms with Crippen LogP contribution in [0.15, 0.2) is 53.0 Å². The zero-order valence-corrected chi connectivity index (χ0v) is 13.0. The molecule has 0 fully saturated rings. The fourth-order valence-electron chi connectivity index (χ4n) is 3.99. The maximum atomic E-state index is 12.5. The summed E-state index contributed by atoms with van der Waals surface area (Å²) in [6, 6.07) is 9.84. The molecule has 0 spiro atoms. The Bertz CT molecular complexity index is 881. The van der Waals surface area contributed by atoms with Crippen molar-refractivity contribution < 1.29 is 9.53 Å². The summed E-state index contributed by atoms with van der Waals surface area (Å²) in [4.78, 5) is 26.6. The number of fused-ring (bicyclic) bond motifs is 3. The third kappa shape index (κ3) is 1.84. The van der Waals surface area contributed by atoms with Gasteiger partial charge in [0, 0.05) is 17.7 Å². The summed E-state index contributed by atoms with van der Waals surface area (Å²) in [6.07, 6.45) is 4.44. The summed E-state index contributed by atoms with van der Waals surface area (Å²) in [5, 5.41) is 0. The molecule has 0 amide bonds. The Labute approximate surface area is 133 Å². The van der Waals surface area contributed by atoms with Crippen molar-refractivity contribution >= 4 is 6.29 Å². The van der Waals surface area contributed by atoms with Gasteiger partial charge in [0.2, 0.25) is 0 Å². The molecule has 4 heteroatoms. The largest absolute Gasteiger partial charge is 0.482 e. The summed E-state index contributed by atoms with van der Waals surface area (Å²) in [5.74, 6) is 0.469. The van der Waals surface area contributed by atoms with Gasteiger partial charge >= 0.3 is 0 Å². The van der Waals surface area contributed by atoms with E-state index >= 15 is 0 Å². The Morgan fingerprint density at radius 3 is 2.70 bits per heavy atom. The third-order valence-electron chi connectivity index (χ3n) is 5.03. The molecule has 116 valence electrons. The monoisotopic (exact) mass is 307 g/mol. The molecule has 2 aliphatic rings. The number of rotatable bonds is 2. The molecule has 3 atom stereocenters. The molecule has 2 heterocycles. The number of nitrogens with one attached hydrogen (secondary N) is 1. The van der Waals surface area contributed by atoms with Crippen LogP contribution in [0.1, 0.15) is 25.3 Å². The first-order valence-electron chi connectivity index (χ1n) is 7.73. The Morgan fingerprint density at radius 2 is 2.00 bits per heavy atom. The van der Waals surface area contributed by atoms with Crippen LogP contribution < -0.4 is 10.3 Å². The summed E-state index contributed by atoms with van der Waals surface area (Å²) < 4.78 is 6.23. The quantitative estimate of drug-likeness (QED) is 0.868. The zero-order valence-electron chi connectivity index (χ0n) is 13.0. The van der Waals surface area contributed by atoms with Crippen LogP contribution >= 0.6 is 0 Å². The van der Waals surface area contributed by atoms with Gasteiger partial charge in [-0.3, -0.25) is 9.59 Å². The lowest BCUT2D eigenvalue weighted by atomic mass is 9.81. The van der Waals surface area contributed by atoms with Crippen molar-refractivity contribution in [3.63, 3.8) is 0 Å². The lowest BCUT2D eigenvalue weighted by Crippen LogP contribution is -2.32. The molecule has 0 unspecified atom stereocenters. The predicted molar refractivity (Wildman–Crippen MR) is 87.6 cm³/mol. The van der Waals surface area contributed by atoms with Crippen molar-refractivity contribution in [3.05, 3.63) is 64.1 Å². The van der Waals surface area contributed by atoms with E-state index in [0.717, 1.165) is 17.4 Å². The Morgan fingerprint density at radius 1 is 1.26 bits per heavy atom. The Kier molecular flexibility index (Phi) is 2.85. The van der Waals surface area contributed by atoms with Gasteiger partial charge in [-0.25, -0.2) is 0 Å². The number of ether oxygens (including phenoxy) is 1. The average molecular weight is 307 g/mol. The fraction of sp³-hybridized carbons (Fsp3) is 0.263. The van der Waals surface area contributed by atoms with E-state index in [0.29, 0.717) is 16.9 Å². The highest BCUT2D eigenvalue weighted by molar-refractivity contribution is 5.79. The molecule has 0 saturated carbocycles. The number of allylic oxidation sites excluding steroid dienone is 1. The smallest absolute Gasteiger partial charge is 0.255 e. The standard InChI is InChI=1S/C19H17NO3/c1-11-13(10-21)8-19(2)16(11)15-17(23-19)14(9-20-18(15)22)12-6-4-3-5-7-12/h3-11,16H,1-2H3,(H,20,22)/t11-,16-,19-/m0/s1. The molecule has 1 aromatic carbocycles. The van der Waals surface area contributed by atoms with Crippen LogP contribution in [0.2, 0.25) is 0 Å². The molecule has 23 heavy (non-hydrogen) atoms. The van der Waals surface area contributed by atoms with E-state index in [1.807, 2.05) is 50.3 Å². The van der Waals surface area contributed by atoms with Crippen molar-refractivity contribution in [3.8, 4) is 16.9 Å². The molecule has 1 aliphatic carbocycles. The van der Waals surface area contributed by atoms with Crippen LogP contribution in [-0.4, -0.2) is 16.9 Å². The zero-order chi connectivity index (χ0) is 16.2. The second-order valence-electron chi connectivity index (χ2n) is 6.45. The van der Waals surface area contributed by atoms with Crippen LogP contribution in [0.3, 0.4) is 0 Å². The van der Waals surface area contributed by atoms with E-state index < -0.39 is 5.60 Å². The van der Waals surface area contributed by atoms with Gasteiger partial charge in [-0.1, -0.05) is 37.3 Å². The number of carbonyl (C=O) groups is 1. The third-order valence-corrected chi connectivity index (χ3v) is 5.03. The molecule has 2 aromatic rings. The number of aldehydes is 1. The van der Waals surface area contributed by atoms with Gasteiger partial charge in [0.25, 0.3) is 5.56 Å². The summed E-state index contributed by atoms with van der Waals surface area (Å²) in [7, 11) is 0. The SMILES string of the molecule is C[C@H]1C(C=O)=C[C@]2(C)Oc3c(-c4ccccc4)c[nH]c(=O)c3[C@H]12. The maximum Gasteiger partial charge on any atom is 0.255 e. The van der Waals surface area contributed by atoms with Gasteiger partial charge in [-0.2, -0.15) is 0 Å². The fourth-order valence-corrected chi connectivity index (χ4v) is 3.99. The predicted octanol–water partition coefficient (Wildman–Crippen LogP) is 3.05. The van der Waals surface area contributed by atoms with Gasteiger partial charge < -0.3 is 9.72 Å². The molecule has 1 aromatic heterocycles. The number of aromatic nitrogens is 1. The van der Waals surface area contributed by atoms with E-state index in [9.17, 15) is 9.59 Å². The minimum atomic E-state index is -0.643. The minimum Gasteiger partial charge on any atom is -0.482 e. The first-order valence-corrected chi connectivity index (χ1v) is 7.73. The molecule has 0 saturated heterocycles. The number of aromatic amines is 1. The van der Waals surface area contributed by atoms with E-state index in [1.165, 1.54) is 0 Å².